The Kier molecular flexibility index (Phi) is 6.23. The zero-order valence-electron chi connectivity index (χ0n) is 10.4. The predicted octanol–water partition coefficient (Wildman–Crippen LogP) is 0.359. The smallest absolute Gasteiger partial charge is 0.308 e. The van der Waals surface area contributed by atoms with Gasteiger partial charge in [-0.25, -0.2) is 0 Å². The van der Waals surface area contributed by atoms with Gasteiger partial charge in [0.2, 0.25) is 5.91 Å². The number of aliphatic carboxylic acids is 1. The number of terminal acetylenes is 1. The van der Waals surface area contributed by atoms with E-state index in [2.05, 4.69) is 16.6 Å². The molecule has 0 aromatic heterocycles. The number of carbonyl (C=O) groups excluding carboxylic acids is 1. The van der Waals surface area contributed by atoms with Gasteiger partial charge in [-0.3, -0.25) is 14.9 Å². The molecule has 0 aromatic carbocycles. The predicted molar refractivity (Wildman–Crippen MR) is 67.8 cm³/mol. The lowest BCUT2D eigenvalue weighted by Crippen LogP contribution is -2.46. The van der Waals surface area contributed by atoms with E-state index in [4.69, 9.17) is 11.5 Å². The van der Waals surface area contributed by atoms with Crippen molar-refractivity contribution in [3.8, 4) is 12.3 Å². The number of carbonyl (C=O) groups is 2. The van der Waals surface area contributed by atoms with Gasteiger partial charge in [-0.05, 0) is 12.8 Å². The van der Waals surface area contributed by atoms with Gasteiger partial charge in [0.05, 0.1) is 19.0 Å². The number of hydrogen-bond donors (Lipinski definition) is 3. The standard InChI is InChI=1S/C13H20N2O3/c1-2-8-14-9-12(16)15-11-7-5-3-4-6-10(11)13(17)18/h1,10-11,14H,3-9H2,(H,15,16)(H,17,18). The minimum absolute atomic E-state index is 0.132. The Labute approximate surface area is 107 Å². The molecule has 1 aliphatic rings. The summed E-state index contributed by atoms with van der Waals surface area (Å²) in [5.74, 6) is 0.898. The van der Waals surface area contributed by atoms with Crippen molar-refractivity contribution in [1.29, 1.82) is 0 Å². The summed E-state index contributed by atoms with van der Waals surface area (Å²) in [6.07, 6.45) is 9.34. The third kappa shape index (κ3) is 4.76. The van der Waals surface area contributed by atoms with Crippen LogP contribution in [0.3, 0.4) is 0 Å². The minimum atomic E-state index is -0.821. The van der Waals surface area contributed by atoms with Gasteiger partial charge in [0.25, 0.3) is 0 Å². The highest BCUT2D eigenvalue weighted by atomic mass is 16.4. The number of hydrogen-bond acceptors (Lipinski definition) is 3. The van der Waals surface area contributed by atoms with Crippen molar-refractivity contribution >= 4 is 11.9 Å². The summed E-state index contributed by atoms with van der Waals surface area (Å²) in [6.45, 7) is 0.466. The van der Waals surface area contributed by atoms with Crippen molar-refractivity contribution in [2.24, 2.45) is 5.92 Å². The van der Waals surface area contributed by atoms with Crippen LogP contribution >= 0.6 is 0 Å². The molecule has 0 heterocycles. The van der Waals surface area contributed by atoms with Crippen LogP contribution in [0.15, 0.2) is 0 Å². The van der Waals surface area contributed by atoms with E-state index in [1.807, 2.05) is 0 Å². The first-order valence-electron chi connectivity index (χ1n) is 6.31. The molecule has 0 bridgehead atoms. The summed E-state index contributed by atoms with van der Waals surface area (Å²) in [7, 11) is 0. The Morgan fingerprint density at radius 2 is 2.00 bits per heavy atom. The minimum Gasteiger partial charge on any atom is -0.481 e. The Bertz CT molecular complexity index is 336. The molecule has 5 nitrogen and oxygen atoms in total. The van der Waals surface area contributed by atoms with Crippen LogP contribution in [0, 0.1) is 18.3 Å². The summed E-state index contributed by atoms with van der Waals surface area (Å²) < 4.78 is 0. The molecule has 3 N–H and O–H groups in total. The summed E-state index contributed by atoms with van der Waals surface area (Å²) in [5, 5.41) is 14.8. The molecule has 1 rings (SSSR count). The fourth-order valence-corrected chi connectivity index (χ4v) is 2.28. The van der Waals surface area contributed by atoms with Crippen LogP contribution in [0.2, 0.25) is 0 Å². The number of nitrogens with one attached hydrogen (secondary N) is 2. The molecule has 0 radical (unpaired) electrons. The maximum atomic E-state index is 11.6. The van der Waals surface area contributed by atoms with Gasteiger partial charge in [0.1, 0.15) is 0 Å². The van der Waals surface area contributed by atoms with Crippen LogP contribution in [0.25, 0.3) is 0 Å². The Morgan fingerprint density at radius 3 is 2.67 bits per heavy atom. The molecule has 2 unspecified atom stereocenters. The van der Waals surface area contributed by atoms with Crippen molar-refractivity contribution in [3.05, 3.63) is 0 Å². The highest BCUT2D eigenvalue weighted by Gasteiger charge is 2.30. The van der Waals surface area contributed by atoms with Gasteiger partial charge in [-0.15, -0.1) is 6.42 Å². The molecule has 0 aliphatic heterocycles. The first-order chi connectivity index (χ1) is 8.65. The molecule has 1 aliphatic carbocycles. The number of amides is 1. The van der Waals surface area contributed by atoms with Crippen LogP contribution in [0.4, 0.5) is 0 Å². The molecular formula is C13H20N2O3. The van der Waals surface area contributed by atoms with E-state index >= 15 is 0 Å². The lowest BCUT2D eigenvalue weighted by atomic mass is 9.95. The van der Waals surface area contributed by atoms with E-state index < -0.39 is 11.9 Å². The van der Waals surface area contributed by atoms with Crippen LogP contribution in [0.5, 0.6) is 0 Å². The topological polar surface area (TPSA) is 78.4 Å². The number of carboxylic acid groups (broad SMARTS) is 1. The van der Waals surface area contributed by atoms with Crippen LogP contribution in [-0.4, -0.2) is 36.1 Å². The van der Waals surface area contributed by atoms with Gasteiger partial charge < -0.3 is 10.4 Å². The van der Waals surface area contributed by atoms with Crippen LogP contribution in [-0.2, 0) is 9.59 Å². The summed E-state index contributed by atoms with van der Waals surface area (Å²) >= 11 is 0. The van der Waals surface area contributed by atoms with Crippen molar-refractivity contribution < 1.29 is 14.7 Å². The van der Waals surface area contributed by atoms with Crippen molar-refractivity contribution in [1.82, 2.24) is 10.6 Å². The second-order valence-electron chi connectivity index (χ2n) is 4.56. The van der Waals surface area contributed by atoms with E-state index in [0.29, 0.717) is 13.0 Å². The van der Waals surface area contributed by atoms with Gasteiger partial charge in [-0.1, -0.05) is 25.2 Å². The molecule has 0 saturated heterocycles. The maximum absolute atomic E-state index is 11.6. The van der Waals surface area contributed by atoms with Crippen LogP contribution < -0.4 is 10.6 Å². The largest absolute Gasteiger partial charge is 0.481 e. The third-order valence-electron chi connectivity index (χ3n) is 3.19. The SMILES string of the molecule is C#CCNCC(=O)NC1CCCCCC1C(=O)O. The highest BCUT2D eigenvalue weighted by Crippen LogP contribution is 2.23. The molecular weight excluding hydrogens is 232 g/mol. The summed E-state index contributed by atoms with van der Waals surface area (Å²) in [5.41, 5.74) is 0. The molecule has 1 amide bonds. The molecule has 18 heavy (non-hydrogen) atoms. The molecule has 1 fully saturated rings. The zero-order valence-corrected chi connectivity index (χ0v) is 10.4. The van der Waals surface area contributed by atoms with E-state index in [9.17, 15) is 9.59 Å². The molecule has 0 spiro atoms. The Balaban J connectivity index is 2.47. The van der Waals surface area contributed by atoms with E-state index in [1.54, 1.807) is 0 Å². The number of rotatable bonds is 5. The monoisotopic (exact) mass is 252 g/mol. The highest BCUT2D eigenvalue weighted by molar-refractivity contribution is 5.79. The average molecular weight is 252 g/mol. The second-order valence-corrected chi connectivity index (χ2v) is 4.56. The first kappa shape index (κ1) is 14.5. The molecule has 100 valence electrons. The fourth-order valence-electron chi connectivity index (χ4n) is 2.28. The Morgan fingerprint density at radius 1 is 1.28 bits per heavy atom. The van der Waals surface area contributed by atoms with Gasteiger partial charge >= 0.3 is 5.97 Å². The van der Waals surface area contributed by atoms with E-state index in [0.717, 1.165) is 25.7 Å². The molecule has 2 atom stereocenters. The van der Waals surface area contributed by atoms with Crippen LogP contribution in [0.1, 0.15) is 32.1 Å². The lowest BCUT2D eigenvalue weighted by Gasteiger charge is -2.22. The first-order valence-corrected chi connectivity index (χ1v) is 6.31. The fraction of sp³-hybridized carbons (Fsp3) is 0.692. The van der Waals surface area contributed by atoms with E-state index in [1.165, 1.54) is 0 Å². The second kappa shape index (κ2) is 7.72. The normalized spacial score (nSPS) is 23.7. The van der Waals surface area contributed by atoms with Gasteiger partial charge in [0, 0.05) is 6.04 Å². The maximum Gasteiger partial charge on any atom is 0.308 e. The van der Waals surface area contributed by atoms with Crippen molar-refractivity contribution in [2.75, 3.05) is 13.1 Å². The summed E-state index contributed by atoms with van der Waals surface area (Å²) in [4.78, 5) is 22.8. The molecule has 5 heteroatoms. The molecule has 1 saturated carbocycles. The number of carboxylic acids is 1. The quantitative estimate of drug-likeness (QED) is 0.375. The average Bonchev–Trinajstić information content (AvgIpc) is 2.55. The third-order valence-corrected chi connectivity index (χ3v) is 3.19. The van der Waals surface area contributed by atoms with Gasteiger partial charge in [-0.2, -0.15) is 0 Å². The summed E-state index contributed by atoms with van der Waals surface area (Å²) in [6, 6.07) is -0.259. The van der Waals surface area contributed by atoms with Crippen molar-refractivity contribution in [2.45, 2.75) is 38.1 Å². The van der Waals surface area contributed by atoms with E-state index in [-0.39, 0.29) is 18.5 Å². The lowest BCUT2D eigenvalue weighted by molar-refractivity contribution is -0.143. The Hall–Kier alpha value is -1.54. The molecule has 0 aromatic rings. The van der Waals surface area contributed by atoms with Crippen molar-refractivity contribution in [3.63, 3.8) is 0 Å². The van der Waals surface area contributed by atoms with Gasteiger partial charge in [0.15, 0.2) is 0 Å². The zero-order chi connectivity index (χ0) is 13.4.